The fourth-order valence-electron chi connectivity index (χ4n) is 12.8. The first-order valence-corrected chi connectivity index (χ1v) is 45.7. The van der Waals surface area contributed by atoms with Gasteiger partial charge in [0.15, 0.2) is 12.2 Å². The van der Waals surface area contributed by atoms with E-state index in [0.717, 1.165) is 114 Å². The molecule has 0 amide bonds. The molecule has 606 valence electrons. The van der Waals surface area contributed by atoms with Crippen molar-refractivity contribution in [2.45, 2.75) is 446 Å². The summed E-state index contributed by atoms with van der Waals surface area (Å²) < 4.78 is 68.8. The molecule has 0 saturated heterocycles. The highest BCUT2D eigenvalue weighted by molar-refractivity contribution is 7.47. The topological polar surface area (TPSA) is 237 Å². The molecule has 19 heteroatoms. The Balaban J connectivity index is 5.23. The van der Waals surface area contributed by atoms with Crippen LogP contribution in [-0.4, -0.2) is 96.7 Å². The number of aliphatic hydroxyl groups is 1. The Bertz CT molecular complexity index is 1990. The molecule has 0 aliphatic rings. The SMILES string of the molecule is CC(C)CCCCCCCCCCCCCCCCCCC(=O)OC[C@H](COP(=O)(O)OCC(O)COP(=O)(O)OC[C@@H](COC(=O)CCCCCCCCCC(C)C)OC(=O)CCCCCCCCCCCCCCCCC(C)C)OC(=O)CCCCCCCCCCCCCCCC(C)C. The third kappa shape index (κ3) is 76.3. The average Bonchev–Trinajstić information content (AvgIpc) is 0.914. The molecular weight excluding hydrogens is 1330 g/mol. The predicted octanol–water partition coefficient (Wildman–Crippen LogP) is 24.8. The summed E-state index contributed by atoms with van der Waals surface area (Å²) in [6, 6.07) is 0. The van der Waals surface area contributed by atoms with Crippen LogP contribution >= 0.6 is 15.6 Å². The summed E-state index contributed by atoms with van der Waals surface area (Å²) in [6.07, 6.45) is 59.7. The number of phosphoric acid groups is 2. The van der Waals surface area contributed by atoms with Gasteiger partial charge in [-0.15, -0.1) is 0 Å². The van der Waals surface area contributed by atoms with Gasteiger partial charge < -0.3 is 33.8 Å². The second-order valence-corrected chi connectivity index (χ2v) is 34.7. The molecule has 3 N–H and O–H groups in total. The van der Waals surface area contributed by atoms with E-state index in [2.05, 4.69) is 55.4 Å². The van der Waals surface area contributed by atoms with Crippen molar-refractivity contribution in [3.63, 3.8) is 0 Å². The molecule has 0 radical (unpaired) electrons. The molecule has 0 heterocycles. The Morgan fingerprint density at radius 3 is 0.608 bits per heavy atom. The van der Waals surface area contributed by atoms with Crippen molar-refractivity contribution in [2.75, 3.05) is 39.6 Å². The number of carbonyl (C=O) groups excluding carboxylic acids is 4. The molecule has 0 aromatic rings. The number of esters is 4. The minimum Gasteiger partial charge on any atom is -0.462 e. The molecule has 102 heavy (non-hydrogen) atoms. The van der Waals surface area contributed by atoms with Crippen LogP contribution in [0.3, 0.4) is 0 Å². The molecular formula is C83H162O17P2. The van der Waals surface area contributed by atoms with Crippen LogP contribution in [0.25, 0.3) is 0 Å². The number of phosphoric ester groups is 2. The summed E-state index contributed by atoms with van der Waals surface area (Å²) >= 11 is 0. The van der Waals surface area contributed by atoms with Crippen molar-refractivity contribution in [1.29, 1.82) is 0 Å². The molecule has 17 nitrogen and oxygen atoms in total. The number of rotatable bonds is 80. The number of carbonyl (C=O) groups is 4. The standard InChI is InChI=1S/C83H162O17P2/c1-73(2)59-51-43-35-28-22-16-11-9-10-12-19-25-31-39-47-55-63-80(85)93-69-78(99-82(87)66-58-50-41-33-27-21-15-18-24-30-37-45-53-61-75(5)6)71-97-101(89,90)95-67-77(84)68-96-102(91,92)98-72-79(70-94-81(86)64-56-48-42-34-38-46-54-62-76(7)8)100-83(88)65-57-49-40-32-26-20-14-13-17-23-29-36-44-52-60-74(3)4/h73-79,84H,9-72H2,1-8H3,(H,89,90)(H,91,92)/t77?,78-,79-/m1/s1. The second kappa shape index (κ2) is 72.0. The van der Waals surface area contributed by atoms with Crippen LogP contribution < -0.4 is 0 Å². The lowest BCUT2D eigenvalue weighted by Crippen LogP contribution is -2.30. The largest absolute Gasteiger partial charge is 0.472 e. The smallest absolute Gasteiger partial charge is 0.462 e. The van der Waals surface area contributed by atoms with Crippen LogP contribution in [0.1, 0.15) is 428 Å². The molecule has 0 aliphatic carbocycles. The van der Waals surface area contributed by atoms with Gasteiger partial charge in [-0.2, -0.15) is 0 Å². The Kier molecular flexibility index (Phi) is 70.6. The predicted molar refractivity (Wildman–Crippen MR) is 418 cm³/mol. The highest BCUT2D eigenvalue weighted by Crippen LogP contribution is 2.45. The molecule has 0 aliphatic heterocycles. The van der Waals surface area contributed by atoms with E-state index in [1.165, 1.54) is 225 Å². The number of unbranched alkanes of at least 4 members (excludes halogenated alkanes) is 46. The van der Waals surface area contributed by atoms with Crippen molar-refractivity contribution >= 4 is 39.5 Å². The number of ether oxygens (including phenoxy) is 4. The summed E-state index contributed by atoms with van der Waals surface area (Å²) in [5.74, 6) is 0.988. The molecule has 0 spiro atoms. The van der Waals surface area contributed by atoms with Crippen LogP contribution in [0.4, 0.5) is 0 Å². The van der Waals surface area contributed by atoms with Crippen molar-refractivity contribution in [1.82, 2.24) is 0 Å². The van der Waals surface area contributed by atoms with Crippen molar-refractivity contribution in [2.24, 2.45) is 23.7 Å². The Morgan fingerprint density at radius 1 is 0.245 bits per heavy atom. The van der Waals surface area contributed by atoms with Crippen molar-refractivity contribution in [3.05, 3.63) is 0 Å². The quantitative estimate of drug-likeness (QED) is 0.0222. The maximum Gasteiger partial charge on any atom is 0.472 e. The van der Waals surface area contributed by atoms with Crippen molar-refractivity contribution in [3.8, 4) is 0 Å². The first kappa shape index (κ1) is 100. The molecule has 0 saturated carbocycles. The fraction of sp³-hybridized carbons (Fsp3) is 0.952. The molecule has 0 rings (SSSR count). The van der Waals surface area contributed by atoms with Crippen LogP contribution in [0.2, 0.25) is 0 Å². The Labute approximate surface area is 626 Å². The van der Waals surface area contributed by atoms with Gasteiger partial charge in [0.1, 0.15) is 19.3 Å². The maximum atomic E-state index is 13.1. The van der Waals surface area contributed by atoms with Crippen LogP contribution in [0, 0.1) is 23.7 Å². The van der Waals surface area contributed by atoms with Gasteiger partial charge in [0, 0.05) is 25.7 Å². The van der Waals surface area contributed by atoms with Crippen molar-refractivity contribution < 1.29 is 80.2 Å². The first-order valence-electron chi connectivity index (χ1n) is 42.7. The monoisotopic (exact) mass is 1490 g/mol. The lowest BCUT2D eigenvalue weighted by atomic mass is 10.0. The third-order valence-corrected chi connectivity index (χ3v) is 21.2. The van der Waals surface area contributed by atoms with Gasteiger partial charge >= 0.3 is 39.5 Å². The summed E-state index contributed by atoms with van der Waals surface area (Å²) in [6.45, 7) is 14.3. The molecule has 0 bridgehead atoms. The summed E-state index contributed by atoms with van der Waals surface area (Å²) in [7, 11) is -9.93. The number of hydrogen-bond acceptors (Lipinski definition) is 15. The zero-order valence-corrected chi connectivity index (χ0v) is 69.0. The van der Waals surface area contributed by atoms with E-state index >= 15 is 0 Å². The van der Waals surface area contributed by atoms with Crippen LogP contribution in [-0.2, 0) is 65.4 Å². The van der Waals surface area contributed by atoms with E-state index in [0.29, 0.717) is 31.6 Å². The third-order valence-electron chi connectivity index (χ3n) is 19.3. The lowest BCUT2D eigenvalue weighted by Gasteiger charge is -2.21. The Morgan fingerprint density at radius 2 is 0.412 bits per heavy atom. The summed E-state index contributed by atoms with van der Waals surface area (Å²) in [5.41, 5.74) is 0. The van der Waals surface area contributed by atoms with Gasteiger partial charge in [-0.05, 0) is 49.4 Å². The molecule has 3 unspecified atom stereocenters. The number of aliphatic hydroxyl groups excluding tert-OH is 1. The van der Waals surface area contributed by atoms with Gasteiger partial charge in [0.25, 0.3) is 0 Å². The summed E-state index contributed by atoms with van der Waals surface area (Å²) in [5, 5.41) is 10.7. The van der Waals surface area contributed by atoms with E-state index in [1.54, 1.807) is 0 Å². The number of hydrogen-bond donors (Lipinski definition) is 3. The lowest BCUT2D eigenvalue weighted by molar-refractivity contribution is -0.161. The zero-order chi connectivity index (χ0) is 75.3. The van der Waals surface area contributed by atoms with Crippen LogP contribution in [0.5, 0.6) is 0 Å². The molecule has 0 fully saturated rings. The minimum absolute atomic E-state index is 0.106. The van der Waals surface area contributed by atoms with Gasteiger partial charge in [0.05, 0.1) is 26.4 Å². The average molecular weight is 1490 g/mol. The zero-order valence-electron chi connectivity index (χ0n) is 67.2. The highest BCUT2D eigenvalue weighted by Gasteiger charge is 2.30. The maximum absolute atomic E-state index is 13.1. The van der Waals surface area contributed by atoms with Gasteiger partial charge in [-0.1, -0.05) is 376 Å². The van der Waals surface area contributed by atoms with E-state index < -0.39 is 97.5 Å². The fourth-order valence-corrected chi connectivity index (χ4v) is 14.4. The highest BCUT2D eigenvalue weighted by atomic mass is 31.2. The van der Waals surface area contributed by atoms with E-state index in [4.69, 9.17) is 37.0 Å². The van der Waals surface area contributed by atoms with E-state index in [1.807, 2.05) is 0 Å². The van der Waals surface area contributed by atoms with Crippen LogP contribution in [0.15, 0.2) is 0 Å². The second-order valence-electron chi connectivity index (χ2n) is 31.8. The molecule has 0 aromatic heterocycles. The minimum atomic E-state index is -4.96. The van der Waals surface area contributed by atoms with Gasteiger partial charge in [-0.3, -0.25) is 37.3 Å². The molecule has 0 aromatic carbocycles. The van der Waals surface area contributed by atoms with E-state index in [-0.39, 0.29) is 25.7 Å². The van der Waals surface area contributed by atoms with E-state index in [9.17, 15) is 43.2 Å². The summed E-state index contributed by atoms with van der Waals surface area (Å²) in [4.78, 5) is 73.1. The Hall–Kier alpha value is -1.94. The first-order chi connectivity index (χ1) is 49.1. The normalized spacial score (nSPS) is 14.0. The van der Waals surface area contributed by atoms with Gasteiger partial charge in [0.2, 0.25) is 0 Å². The van der Waals surface area contributed by atoms with Gasteiger partial charge in [-0.25, -0.2) is 9.13 Å². The molecule has 5 atom stereocenters.